The number of halogens is 1. The predicted octanol–water partition coefficient (Wildman–Crippen LogP) is 2.37. The number of esters is 1. The molecule has 0 spiro atoms. The van der Waals surface area contributed by atoms with E-state index in [0.29, 0.717) is 5.69 Å². The Kier molecular flexibility index (Phi) is 4.24. The SMILES string of the molecule is C=CCOC(=O)c1c(F)ncn1[C@H](C)c1ccccn1. The first kappa shape index (κ1) is 13.9. The minimum atomic E-state index is -0.859. The maximum absolute atomic E-state index is 13.7. The van der Waals surface area contributed by atoms with Gasteiger partial charge in [-0.05, 0) is 19.1 Å². The van der Waals surface area contributed by atoms with Gasteiger partial charge < -0.3 is 9.30 Å². The summed E-state index contributed by atoms with van der Waals surface area (Å²) in [6.07, 6.45) is 4.31. The van der Waals surface area contributed by atoms with Crippen molar-refractivity contribution in [1.29, 1.82) is 0 Å². The molecular formula is C14H14FN3O2. The Hall–Kier alpha value is -2.50. The number of hydrogen-bond acceptors (Lipinski definition) is 4. The molecule has 6 heteroatoms. The first-order chi connectivity index (χ1) is 9.65. The fourth-order valence-electron chi connectivity index (χ4n) is 1.79. The molecule has 0 saturated carbocycles. The molecule has 0 fully saturated rings. The topological polar surface area (TPSA) is 57.0 Å². The molecule has 5 nitrogen and oxygen atoms in total. The van der Waals surface area contributed by atoms with E-state index in [0.717, 1.165) is 0 Å². The van der Waals surface area contributed by atoms with Crippen LogP contribution in [0.5, 0.6) is 0 Å². The Morgan fingerprint density at radius 2 is 2.35 bits per heavy atom. The molecule has 0 N–H and O–H groups in total. The van der Waals surface area contributed by atoms with Gasteiger partial charge in [-0.3, -0.25) is 4.98 Å². The second-order valence-corrected chi connectivity index (χ2v) is 4.11. The van der Waals surface area contributed by atoms with Gasteiger partial charge in [0.15, 0.2) is 5.69 Å². The summed E-state index contributed by atoms with van der Waals surface area (Å²) >= 11 is 0. The predicted molar refractivity (Wildman–Crippen MR) is 70.7 cm³/mol. The smallest absolute Gasteiger partial charge is 0.360 e. The minimum absolute atomic E-state index is 0.0153. The van der Waals surface area contributed by atoms with E-state index in [1.54, 1.807) is 25.3 Å². The minimum Gasteiger partial charge on any atom is -0.457 e. The molecule has 104 valence electrons. The third-order valence-electron chi connectivity index (χ3n) is 2.81. The first-order valence-corrected chi connectivity index (χ1v) is 6.06. The highest BCUT2D eigenvalue weighted by atomic mass is 19.1. The highest BCUT2D eigenvalue weighted by molar-refractivity contribution is 5.87. The summed E-state index contributed by atoms with van der Waals surface area (Å²) in [4.78, 5) is 19.6. The van der Waals surface area contributed by atoms with Gasteiger partial charge in [0.1, 0.15) is 6.61 Å². The normalized spacial score (nSPS) is 11.9. The Labute approximate surface area is 115 Å². The van der Waals surface area contributed by atoms with Crippen LogP contribution >= 0.6 is 0 Å². The van der Waals surface area contributed by atoms with Gasteiger partial charge >= 0.3 is 5.97 Å². The lowest BCUT2D eigenvalue weighted by molar-refractivity contribution is 0.0530. The van der Waals surface area contributed by atoms with E-state index < -0.39 is 11.9 Å². The molecule has 1 atom stereocenters. The van der Waals surface area contributed by atoms with E-state index in [1.165, 1.54) is 17.0 Å². The fourth-order valence-corrected chi connectivity index (χ4v) is 1.79. The summed E-state index contributed by atoms with van der Waals surface area (Å²) in [5.74, 6) is -1.63. The molecule has 0 aromatic carbocycles. The number of carbonyl (C=O) groups is 1. The highest BCUT2D eigenvalue weighted by Crippen LogP contribution is 2.19. The second kappa shape index (κ2) is 6.10. The van der Waals surface area contributed by atoms with E-state index in [2.05, 4.69) is 16.5 Å². The summed E-state index contributed by atoms with van der Waals surface area (Å²) in [7, 11) is 0. The lowest BCUT2D eigenvalue weighted by Crippen LogP contribution is -2.17. The summed E-state index contributed by atoms with van der Waals surface area (Å²) in [5, 5.41) is 0. The van der Waals surface area contributed by atoms with Crippen LogP contribution in [0.2, 0.25) is 0 Å². The summed E-state index contributed by atoms with van der Waals surface area (Å²) in [6, 6.07) is 5.06. The Balaban J connectivity index is 2.33. The van der Waals surface area contributed by atoms with Gasteiger partial charge in [-0.1, -0.05) is 18.7 Å². The van der Waals surface area contributed by atoms with E-state index in [-0.39, 0.29) is 18.3 Å². The zero-order chi connectivity index (χ0) is 14.5. The van der Waals surface area contributed by atoms with Crippen LogP contribution in [0.15, 0.2) is 43.4 Å². The van der Waals surface area contributed by atoms with Crippen LogP contribution in [0.3, 0.4) is 0 Å². The van der Waals surface area contributed by atoms with Crippen molar-refractivity contribution in [3.8, 4) is 0 Å². The van der Waals surface area contributed by atoms with E-state index in [4.69, 9.17) is 4.74 Å². The molecular weight excluding hydrogens is 261 g/mol. The molecule has 0 saturated heterocycles. The Morgan fingerprint density at radius 1 is 1.55 bits per heavy atom. The largest absolute Gasteiger partial charge is 0.457 e. The van der Waals surface area contributed by atoms with Crippen molar-refractivity contribution in [3.63, 3.8) is 0 Å². The number of imidazole rings is 1. The lowest BCUT2D eigenvalue weighted by atomic mass is 10.2. The number of pyridine rings is 1. The van der Waals surface area contributed by atoms with Gasteiger partial charge in [-0.25, -0.2) is 9.78 Å². The number of hydrogen-bond donors (Lipinski definition) is 0. The van der Waals surface area contributed by atoms with Crippen LogP contribution < -0.4 is 0 Å². The van der Waals surface area contributed by atoms with Gasteiger partial charge in [0.25, 0.3) is 0 Å². The molecule has 2 aromatic rings. The van der Waals surface area contributed by atoms with Crippen molar-refractivity contribution in [2.24, 2.45) is 0 Å². The maximum atomic E-state index is 13.7. The number of nitrogens with zero attached hydrogens (tertiary/aromatic N) is 3. The average Bonchev–Trinajstić information content (AvgIpc) is 2.86. The van der Waals surface area contributed by atoms with Crippen molar-refractivity contribution in [2.45, 2.75) is 13.0 Å². The molecule has 0 aliphatic carbocycles. The Morgan fingerprint density at radius 3 is 3.00 bits per heavy atom. The summed E-state index contributed by atoms with van der Waals surface area (Å²) in [5.41, 5.74) is 0.479. The zero-order valence-corrected chi connectivity index (χ0v) is 11.0. The highest BCUT2D eigenvalue weighted by Gasteiger charge is 2.24. The maximum Gasteiger partial charge on any atom is 0.360 e. The third kappa shape index (κ3) is 2.74. The Bertz CT molecular complexity index is 610. The van der Waals surface area contributed by atoms with Crippen LogP contribution in [0, 0.1) is 5.95 Å². The van der Waals surface area contributed by atoms with Crippen LogP contribution in [-0.4, -0.2) is 27.1 Å². The van der Waals surface area contributed by atoms with Crippen molar-refractivity contribution < 1.29 is 13.9 Å². The second-order valence-electron chi connectivity index (χ2n) is 4.11. The van der Waals surface area contributed by atoms with E-state index in [9.17, 15) is 9.18 Å². The molecule has 2 rings (SSSR count). The molecule has 0 radical (unpaired) electrons. The molecule has 0 bridgehead atoms. The number of aromatic nitrogens is 3. The monoisotopic (exact) mass is 275 g/mol. The molecule has 0 amide bonds. The van der Waals surface area contributed by atoms with Crippen molar-refractivity contribution in [3.05, 3.63) is 60.7 Å². The average molecular weight is 275 g/mol. The van der Waals surface area contributed by atoms with Crippen molar-refractivity contribution >= 4 is 5.97 Å². The van der Waals surface area contributed by atoms with Gasteiger partial charge in [-0.2, -0.15) is 4.39 Å². The molecule has 2 aromatic heterocycles. The first-order valence-electron chi connectivity index (χ1n) is 6.06. The quantitative estimate of drug-likeness (QED) is 0.621. The van der Waals surface area contributed by atoms with Crippen molar-refractivity contribution in [1.82, 2.24) is 14.5 Å². The lowest BCUT2D eigenvalue weighted by Gasteiger charge is -2.15. The van der Waals surface area contributed by atoms with E-state index >= 15 is 0 Å². The molecule has 0 aliphatic heterocycles. The fraction of sp³-hybridized carbons (Fsp3) is 0.214. The van der Waals surface area contributed by atoms with Crippen LogP contribution in [0.25, 0.3) is 0 Å². The third-order valence-corrected chi connectivity index (χ3v) is 2.81. The number of rotatable bonds is 5. The molecule has 20 heavy (non-hydrogen) atoms. The van der Waals surface area contributed by atoms with Crippen LogP contribution in [0.1, 0.15) is 29.1 Å². The number of carbonyl (C=O) groups excluding carboxylic acids is 1. The van der Waals surface area contributed by atoms with Gasteiger partial charge in [0.2, 0.25) is 5.95 Å². The van der Waals surface area contributed by atoms with Gasteiger partial charge in [0, 0.05) is 6.20 Å². The van der Waals surface area contributed by atoms with Gasteiger partial charge in [-0.15, -0.1) is 0 Å². The van der Waals surface area contributed by atoms with Crippen molar-refractivity contribution in [2.75, 3.05) is 6.61 Å². The standard InChI is InChI=1S/C14H14FN3O2/c1-3-8-20-14(19)12-13(15)17-9-18(12)10(2)11-6-4-5-7-16-11/h3-7,9-10H,1,8H2,2H3/t10-/m1/s1. The molecule has 0 unspecified atom stereocenters. The summed E-state index contributed by atoms with van der Waals surface area (Å²) in [6.45, 7) is 5.25. The van der Waals surface area contributed by atoms with Crippen LogP contribution in [-0.2, 0) is 4.74 Å². The molecule has 2 heterocycles. The van der Waals surface area contributed by atoms with Gasteiger partial charge in [0.05, 0.1) is 18.1 Å². The summed E-state index contributed by atoms with van der Waals surface area (Å²) < 4.78 is 20.0. The van der Waals surface area contributed by atoms with E-state index in [1.807, 2.05) is 6.07 Å². The molecule has 0 aliphatic rings. The van der Waals surface area contributed by atoms with Crippen LogP contribution in [0.4, 0.5) is 4.39 Å². The zero-order valence-electron chi connectivity index (χ0n) is 11.0. The number of ether oxygens (including phenoxy) is 1.